The summed E-state index contributed by atoms with van der Waals surface area (Å²) in [5.74, 6) is 1.78. The molecule has 1 rings (SSSR count). The summed E-state index contributed by atoms with van der Waals surface area (Å²) in [6.07, 6.45) is 4.80. The minimum Gasteiger partial charge on any atom is -0.494 e. The van der Waals surface area contributed by atoms with Crippen LogP contribution in [0.4, 0.5) is 0 Å². The van der Waals surface area contributed by atoms with Crippen LogP contribution >= 0.6 is 0 Å². The molecule has 0 aliphatic carbocycles. The second kappa shape index (κ2) is 9.82. The summed E-state index contributed by atoms with van der Waals surface area (Å²) in [6.45, 7) is 10.8. The predicted molar refractivity (Wildman–Crippen MR) is 87.2 cm³/mol. The van der Waals surface area contributed by atoms with Crippen LogP contribution in [0.3, 0.4) is 0 Å². The Bertz CT molecular complexity index is 347. The highest BCUT2D eigenvalue weighted by molar-refractivity contribution is 5.27. The van der Waals surface area contributed by atoms with Crippen LogP contribution in [-0.2, 0) is 6.54 Å². The molecule has 0 fully saturated rings. The highest BCUT2D eigenvalue weighted by Gasteiger charge is 2.06. The van der Waals surface area contributed by atoms with Crippen molar-refractivity contribution in [3.63, 3.8) is 0 Å². The minimum atomic E-state index is 0.574. The SMILES string of the molecule is CCCCOc1ccc(CNC(C)CC(C)CC)cc1. The summed E-state index contributed by atoms with van der Waals surface area (Å²) < 4.78 is 5.67. The van der Waals surface area contributed by atoms with E-state index >= 15 is 0 Å². The van der Waals surface area contributed by atoms with E-state index in [9.17, 15) is 0 Å². The highest BCUT2D eigenvalue weighted by Crippen LogP contribution is 2.14. The Hall–Kier alpha value is -1.02. The fraction of sp³-hybridized carbons (Fsp3) is 0.667. The molecule has 114 valence electrons. The van der Waals surface area contributed by atoms with Gasteiger partial charge in [-0.1, -0.05) is 45.7 Å². The van der Waals surface area contributed by atoms with Crippen molar-refractivity contribution in [3.8, 4) is 5.75 Å². The fourth-order valence-corrected chi connectivity index (χ4v) is 2.18. The van der Waals surface area contributed by atoms with Gasteiger partial charge in [0, 0.05) is 12.6 Å². The van der Waals surface area contributed by atoms with Crippen molar-refractivity contribution < 1.29 is 4.74 Å². The number of hydrogen-bond donors (Lipinski definition) is 1. The standard InChI is InChI=1S/C18H31NO/c1-5-7-12-20-18-10-8-17(9-11-18)14-19-16(4)13-15(3)6-2/h8-11,15-16,19H,5-7,12-14H2,1-4H3. The van der Waals surface area contributed by atoms with E-state index in [0.717, 1.165) is 31.2 Å². The number of unbranched alkanes of at least 4 members (excludes halogenated alkanes) is 1. The van der Waals surface area contributed by atoms with Gasteiger partial charge in [0.2, 0.25) is 0 Å². The van der Waals surface area contributed by atoms with E-state index in [0.29, 0.717) is 6.04 Å². The molecular weight excluding hydrogens is 246 g/mol. The third kappa shape index (κ3) is 6.95. The van der Waals surface area contributed by atoms with E-state index in [1.165, 1.54) is 24.8 Å². The summed E-state index contributed by atoms with van der Waals surface area (Å²) in [7, 11) is 0. The highest BCUT2D eigenvalue weighted by atomic mass is 16.5. The lowest BCUT2D eigenvalue weighted by atomic mass is 10.0. The van der Waals surface area contributed by atoms with Crippen LogP contribution in [0.15, 0.2) is 24.3 Å². The number of benzene rings is 1. The van der Waals surface area contributed by atoms with Gasteiger partial charge in [-0.3, -0.25) is 0 Å². The van der Waals surface area contributed by atoms with Crippen molar-refractivity contribution >= 4 is 0 Å². The van der Waals surface area contributed by atoms with E-state index in [1.54, 1.807) is 0 Å². The molecule has 0 amide bonds. The van der Waals surface area contributed by atoms with Crippen LogP contribution < -0.4 is 10.1 Å². The maximum Gasteiger partial charge on any atom is 0.119 e. The Morgan fingerprint density at radius 2 is 1.80 bits per heavy atom. The van der Waals surface area contributed by atoms with Gasteiger partial charge in [-0.05, 0) is 43.4 Å². The first-order valence-electron chi connectivity index (χ1n) is 8.10. The molecule has 0 saturated carbocycles. The Balaban J connectivity index is 2.30. The van der Waals surface area contributed by atoms with Gasteiger partial charge in [0.05, 0.1) is 6.61 Å². The van der Waals surface area contributed by atoms with Crippen LogP contribution in [0.5, 0.6) is 5.75 Å². The number of ether oxygens (including phenoxy) is 1. The normalized spacial score (nSPS) is 14.0. The Morgan fingerprint density at radius 3 is 2.40 bits per heavy atom. The monoisotopic (exact) mass is 277 g/mol. The maximum atomic E-state index is 5.67. The van der Waals surface area contributed by atoms with E-state index in [4.69, 9.17) is 4.74 Å². The third-order valence-electron chi connectivity index (χ3n) is 3.80. The van der Waals surface area contributed by atoms with Crippen molar-refractivity contribution in [2.45, 2.75) is 66.0 Å². The molecule has 0 aliphatic rings. The topological polar surface area (TPSA) is 21.3 Å². The van der Waals surface area contributed by atoms with E-state index in [-0.39, 0.29) is 0 Å². The second-order valence-electron chi connectivity index (χ2n) is 5.88. The van der Waals surface area contributed by atoms with Crippen molar-refractivity contribution in [3.05, 3.63) is 29.8 Å². The quantitative estimate of drug-likeness (QED) is 0.621. The largest absolute Gasteiger partial charge is 0.494 e. The van der Waals surface area contributed by atoms with E-state index in [1.807, 2.05) is 0 Å². The van der Waals surface area contributed by atoms with Gasteiger partial charge in [0.25, 0.3) is 0 Å². The molecule has 1 aromatic rings. The van der Waals surface area contributed by atoms with Gasteiger partial charge >= 0.3 is 0 Å². The van der Waals surface area contributed by atoms with Crippen molar-refractivity contribution in [1.29, 1.82) is 0 Å². The van der Waals surface area contributed by atoms with E-state index in [2.05, 4.69) is 57.3 Å². The molecule has 0 radical (unpaired) electrons. The van der Waals surface area contributed by atoms with Crippen LogP contribution in [0, 0.1) is 5.92 Å². The van der Waals surface area contributed by atoms with Crippen LogP contribution in [-0.4, -0.2) is 12.6 Å². The first-order valence-corrected chi connectivity index (χ1v) is 8.10. The average molecular weight is 277 g/mol. The first kappa shape index (κ1) is 17.0. The lowest BCUT2D eigenvalue weighted by Crippen LogP contribution is -2.27. The second-order valence-corrected chi connectivity index (χ2v) is 5.88. The predicted octanol–water partition coefficient (Wildman–Crippen LogP) is 4.78. The van der Waals surface area contributed by atoms with Crippen LogP contribution in [0.25, 0.3) is 0 Å². The molecule has 1 aromatic carbocycles. The van der Waals surface area contributed by atoms with Gasteiger partial charge in [-0.15, -0.1) is 0 Å². The van der Waals surface area contributed by atoms with Gasteiger partial charge in [-0.25, -0.2) is 0 Å². The van der Waals surface area contributed by atoms with Crippen LogP contribution in [0.1, 0.15) is 58.9 Å². The maximum absolute atomic E-state index is 5.67. The number of hydrogen-bond acceptors (Lipinski definition) is 2. The van der Waals surface area contributed by atoms with Crippen LogP contribution in [0.2, 0.25) is 0 Å². The zero-order chi connectivity index (χ0) is 14.8. The first-order chi connectivity index (χ1) is 9.65. The molecule has 20 heavy (non-hydrogen) atoms. The molecule has 0 heterocycles. The van der Waals surface area contributed by atoms with Gasteiger partial charge in [0.1, 0.15) is 5.75 Å². The van der Waals surface area contributed by atoms with E-state index < -0.39 is 0 Å². The Kier molecular flexibility index (Phi) is 8.36. The number of rotatable bonds is 10. The molecule has 2 unspecified atom stereocenters. The van der Waals surface area contributed by atoms with Gasteiger partial charge < -0.3 is 10.1 Å². The average Bonchev–Trinajstić information content (AvgIpc) is 2.46. The molecule has 0 bridgehead atoms. The fourth-order valence-electron chi connectivity index (χ4n) is 2.18. The molecule has 2 heteroatoms. The summed E-state index contributed by atoms with van der Waals surface area (Å²) in [5, 5.41) is 3.60. The smallest absolute Gasteiger partial charge is 0.119 e. The molecular formula is C18H31NO. The van der Waals surface area contributed by atoms with Crippen molar-refractivity contribution in [1.82, 2.24) is 5.32 Å². The Labute approximate surface area is 124 Å². The van der Waals surface area contributed by atoms with Gasteiger partial charge in [0.15, 0.2) is 0 Å². The number of nitrogens with one attached hydrogen (secondary N) is 1. The summed E-state index contributed by atoms with van der Waals surface area (Å²) in [5.41, 5.74) is 1.32. The zero-order valence-corrected chi connectivity index (χ0v) is 13.6. The lowest BCUT2D eigenvalue weighted by molar-refractivity contribution is 0.309. The lowest BCUT2D eigenvalue weighted by Gasteiger charge is -2.17. The molecule has 0 aliphatic heterocycles. The molecule has 0 aromatic heterocycles. The summed E-state index contributed by atoms with van der Waals surface area (Å²) in [6, 6.07) is 9.04. The van der Waals surface area contributed by atoms with Crippen molar-refractivity contribution in [2.24, 2.45) is 5.92 Å². The molecule has 0 saturated heterocycles. The molecule has 2 atom stereocenters. The summed E-state index contributed by atoms with van der Waals surface area (Å²) >= 11 is 0. The Morgan fingerprint density at radius 1 is 1.10 bits per heavy atom. The third-order valence-corrected chi connectivity index (χ3v) is 3.80. The van der Waals surface area contributed by atoms with Gasteiger partial charge in [-0.2, -0.15) is 0 Å². The zero-order valence-electron chi connectivity index (χ0n) is 13.6. The van der Waals surface area contributed by atoms with Crippen molar-refractivity contribution in [2.75, 3.05) is 6.61 Å². The summed E-state index contributed by atoms with van der Waals surface area (Å²) in [4.78, 5) is 0. The molecule has 0 spiro atoms. The molecule has 2 nitrogen and oxygen atoms in total. The molecule has 1 N–H and O–H groups in total. The minimum absolute atomic E-state index is 0.574.